The van der Waals surface area contributed by atoms with Gasteiger partial charge >= 0.3 is 0 Å². The van der Waals surface area contributed by atoms with Crippen LogP contribution in [0.25, 0.3) is 0 Å². The van der Waals surface area contributed by atoms with Gasteiger partial charge in [-0.05, 0) is 19.1 Å². The number of primary amides is 1. The Morgan fingerprint density at radius 3 is 2.85 bits per heavy atom. The Morgan fingerprint density at radius 1 is 1.45 bits per heavy atom. The van der Waals surface area contributed by atoms with E-state index in [0.717, 1.165) is 5.56 Å². The van der Waals surface area contributed by atoms with E-state index in [4.69, 9.17) is 10.5 Å². The van der Waals surface area contributed by atoms with Crippen molar-refractivity contribution in [2.45, 2.75) is 13.0 Å². The molecule has 1 aliphatic rings. The van der Waals surface area contributed by atoms with Gasteiger partial charge in [0.2, 0.25) is 5.91 Å². The summed E-state index contributed by atoms with van der Waals surface area (Å²) in [4.78, 5) is 25.6. The highest BCUT2D eigenvalue weighted by Crippen LogP contribution is 2.22. The third-order valence-electron chi connectivity index (χ3n) is 3.42. The van der Waals surface area contributed by atoms with E-state index in [1.807, 2.05) is 13.0 Å². The van der Waals surface area contributed by atoms with Gasteiger partial charge in [-0.25, -0.2) is 0 Å². The smallest absolute Gasteiger partial charge is 0.258 e. The Kier molecular flexibility index (Phi) is 4.24. The highest BCUT2D eigenvalue weighted by molar-refractivity contribution is 5.99. The molecule has 6 heteroatoms. The monoisotopic (exact) mass is 277 g/mol. The Morgan fingerprint density at radius 2 is 2.20 bits per heavy atom. The largest absolute Gasteiger partial charge is 0.496 e. The van der Waals surface area contributed by atoms with Crippen molar-refractivity contribution >= 4 is 11.8 Å². The van der Waals surface area contributed by atoms with Crippen molar-refractivity contribution < 1.29 is 14.3 Å². The molecule has 0 radical (unpaired) electrons. The summed E-state index contributed by atoms with van der Waals surface area (Å²) in [6, 6.07) is 4.77. The number of benzene rings is 1. The minimum Gasteiger partial charge on any atom is -0.496 e. The molecule has 0 aliphatic carbocycles. The number of nitrogens with one attached hydrogen (secondary N) is 1. The summed E-state index contributed by atoms with van der Waals surface area (Å²) in [6.45, 7) is 3.38. The Balaban J connectivity index is 2.34. The first-order valence-corrected chi connectivity index (χ1v) is 6.50. The van der Waals surface area contributed by atoms with Gasteiger partial charge in [-0.3, -0.25) is 9.59 Å². The molecule has 1 fully saturated rings. The minimum absolute atomic E-state index is 0.226. The van der Waals surface area contributed by atoms with E-state index >= 15 is 0 Å². The van der Waals surface area contributed by atoms with E-state index in [-0.39, 0.29) is 5.91 Å². The molecule has 0 saturated carbocycles. The number of hydrogen-bond acceptors (Lipinski definition) is 4. The first kappa shape index (κ1) is 14.3. The second kappa shape index (κ2) is 5.92. The van der Waals surface area contributed by atoms with Crippen LogP contribution in [0.4, 0.5) is 0 Å². The van der Waals surface area contributed by atoms with E-state index in [9.17, 15) is 9.59 Å². The molecule has 1 unspecified atom stereocenters. The number of nitrogens with two attached hydrogens (primary N) is 1. The molecule has 20 heavy (non-hydrogen) atoms. The van der Waals surface area contributed by atoms with Crippen molar-refractivity contribution in [1.29, 1.82) is 0 Å². The van der Waals surface area contributed by atoms with Crippen molar-refractivity contribution in [2.24, 2.45) is 5.73 Å². The maximum Gasteiger partial charge on any atom is 0.258 e. The van der Waals surface area contributed by atoms with Crippen LogP contribution in [0.3, 0.4) is 0 Å². The number of rotatable bonds is 3. The standard InChI is InChI=1S/C14H19N3O3/c1-9-3-4-12(20-2)10(7-9)14(19)17-6-5-16-8-11(17)13(15)18/h3-4,7,11,16H,5-6,8H2,1-2H3,(H2,15,18). The van der Waals surface area contributed by atoms with E-state index in [0.29, 0.717) is 30.9 Å². The zero-order valence-electron chi connectivity index (χ0n) is 11.7. The highest BCUT2D eigenvalue weighted by atomic mass is 16.5. The third-order valence-corrected chi connectivity index (χ3v) is 3.42. The molecule has 1 aromatic rings. The second-order valence-electron chi connectivity index (χ2n) is 4.82. The number of aryl methyl sites for hydroxylation is 1. The molecular weight excluding hydrogens is 258 g/mol. The molecule has 0 aromatic heterocycles. The van der Waals surface area contributed by atoms with Crippen molar-refractivity contribution in [3.63, 3.8) is 0 Å². The van der Waals surface area contributed by atoms with Gasteiger partial charge in [-0.15, -0.1) is 0 Å². The van der Waals surface area contributed by atoms with E-state index in [1.165, 1.54) is 12.0 Å². The number of ether oxygens (including phenoxy) is 1. The van der Waals surface area contributed by atoms with E-state index in [2.05, 4.69) is 5.32 Å². The third kappa shape index (κ3) is 2.75. The lowest BCUT2D eigenvalue weighted by Gasteiger charge is -2.34. The number of carbonyl (C=O) groups excluding carboxylic acids is 2. The van der Waals surface area contributed by atoms with Gasteiger partial charge in [-0.1, -0.05) is 11.6 Å². The van der Waals surface area contributed by atoms with Crippen LogP contribution in [0, 0.1) is 6.92 Å². The van der Waals surface area contributed by atoms with Crippen molar-refractivity contribution in [3.8, 4) is 5.75 Å². The average molecular weight is 277 g/mol. The topological polar surface area (TPSA) is 84.7 Å². The van der Waals surface area contributed by atoms with Gasteiger partial charge in [0.15, 0.2) is 0 Å². The molecule has 1 aromatic carbocycles. The molecule has 6 nitrogen and oxygen atoms in total. The molecule has 2 rings (SSSR count). The Hall–Kier alpha value is -2.08. The maximum absolute atomic E-state index is 12.7. The fourth-order valence-corrected chi connectivity index (χ4v) is 2.35. The molecule has 0 bridgehead atoms. The summed E-state index contributed by atoms with van der Waals surface area (Å²) in [6.07, 6.45) is 0. The first-order valence-electron chi connectivity index (χ1n) is 6.50. The van der Waals surface area contributed by atoms with Gasteiger partial charge in [0.1, 0.15) is 11.8 Å². The van der Waals surface area contributed by atoms with Crippen LogP contribution < -0.4 is 15.8 Å². The van der Waals surface area contributed by atoms with Crippen LogP contribution in [-0.4, -0.2) is 49.5 Å². The fraction of sp³-hybridized carbons (Fsp3) is 0.429. The van der Waals surface area contributed by atoms with Gasteiger partial charge in [0.05, 0.1) is 12.7 Å². The van der Waals surface area contributed by atoms with Gasteiger partial charge in [-0.2, -0.15) is 0 Å². The van der Waals surface area contributed by atoms with Gasteiger partial charge < -0.3 is 20.7 Å². The number of piperazine rings is 1. The number of methoxy groups -OCH3 is 1. The summed E-state index contributed by atoms with van der Waals surface area (Å²) in [5.41, 5.74) is 6.79. The van der Waals surface area contributed by atoms with Crippen LogP contribution in [0.2, 0.25) is 0 Å². The summed E-state index contributed by atoms with van der Waals surface area (Å²) < 4.78 is 5.23. The molecule has 1 heterocycles. The van der Waals surface area contributed by atoms with E-state index < -0.39 is 11.9 Å². The van der Waals surface area contributed by atoms with E-state index in [1.54, 1.807) is 12.1 Å². The molecule has 0 spiro atoms. The average Bonchev–Trinajstić information content (AvgIpc) is 2.46. The molecule has 108 valence electrons. The summed E-state index contributed by atoms with van der Waals surface area (Å²) in [5.74, 6) is -0.227. The second-order valence-corrected chi connectivity index (χ2v) is 4.82. The lowest BCUT2D eigenvalue weighted by Crippen LogP contribution is -2.58. The Labute approximate surface area is 117 Å². The van der Waals surface area contributed by atoms with Crippen LogP contribution >= 0.6 is 0 Å². The number of nitrogens with zero attached hydrogens (tertiary/aromatic N) is 1. The van der Waals surface area contributed by atoms with Gasteiger partial charge in [0.25, 0.3) is 5.91 Å². The number of amides is 2. The molecule has 1 atom stereocenters. The summed E-state index contributed by atoms with van der Waals surface area (Å²) in [5, 5.41) is 3.07. The molecular formula is C14H19N3O3. The predicted octanol–water partition coefficient (Wildman–Crippen LogP) is -0.0971. The van der Waals surface area contributed by atoms with Crippen LogP contribution in [0.5, 0.6) is 5.75 Å². The number of carbonyl (C=O) groups is 2. The van der Waals surface area contributed by atoms with Crippen molar-refractivity contribution in [3.05, 3.63) is 29.3 Å². The predicted molar refractivity (Wildman–Crippen MR) is 74.6 cm³/mol. The fourth-order valence-electron chi connectivity index (χ4n) is 2.35. The first-order chi connectivity index (χ1) is 9.54. The quantitative estimate of drug-likeness (QED) is 0.808. The lowest BCUT2D eigenvalue weighted by atomic mass is 10.1. The molecule has 1 aliphatic heterocycles. The van der Waals surface area contributed by atoms with Gasteiger partial charge in [0, 0.05) is 19.6 Å². The SMILES string of the molecule is COc1ccc(C)cc1C(=O)N1CCNCC1C(N)=O. The maximum atomic E-state index is 12.7. The van der Waals surface area contributed by atoms with Crippen LogP contribution in [0.1, 0.15) is 15.9 Å². The zero-order valence-corrected chi connectivity index (χ0v) is 11.7. The highest BCUT2D eigenvalue weighted by Gasteiger charge is 2.32. The van der Waals surface area contributed by atoms with Crippen LogP contribution in [-0.2, 0) is 4.79 Å². The summed E-state index contributed by atoms with van der Waals surface area (Å²) in [7, 11) is 1.52. The number of hydrogen-bond donors (Lipinski definition) is 2. The lowest BCUT2D eigenvalue weighted by molar-refractivity contribution is -0.122. The Bertz CT molecular complexity index is 530. The van der Waals surface area contributed by atoms with Crippen LogP contribution in [0.15, 0.2) is 18.2 Å². The zero-order chi connectivity index (χ0) is 14.7. The summed E-state index contributed by atoms with van der Waals surface area (Å²) >= 11 is 0. The van der Waals surface area contributed by atoms with Crippen molar-refractivity contribution in [1.82, 2.24) is 10.2 Å². The molecule has 1 saturated heterocycles. The minimum atomic E-state index is -0.624. The normalized spacial score (nSPS) is 18.7. The molecule has 2 amide bonds. The van der Waals surface area contributed by atoms with Crippen molar-refractivity contribution in [2.75, 3.05) is 26.7 Å². The molecule has 3 N–H and O–H groups in total.